The van der Waals surface area contributed by atoms with Crippen molar-refractivity contribution in [1.82, 2.24) is 0 Å². The lowest BCUT2D eigenvalue weighted by molar-refractivity contribution is 0.574. The van der Waals surface area contributed by atoms with Gasteiger partial charge in [-0.05, 0) is 37.8 Å². The molecular weight excluding hydrogens is 208 g/mol. The maximum Gasteiger partial charge on any atom is 0.152 e. The van der Waals surface area contributed by atoms with Gasteiger partial charge in [0.1, 0.15) is 11.5 Å². The summed E-state index contributed by atoms with van der Waals surface area (Å²) in [4.78, 5) is 0. The van der Waals surface area contributed by atoms with Crippen LogP contribution in [0.1, 0.15) is 24.8 Å². The van der Waals surface area contributed by atoms with Gasteiger partial charge in [0, 0.05) is 6.04 Å². The van der Waals surface area contributed by atoms with Crippen LogP contribution in [0.25, 0.3) is 0 Å². The number of hydrogen-bond donors (Lipinski definition) is 1. The van der Waals surface area contributed by atoms with Crippen molar-refractivity contribution in [3.63, 3.8) is 0 Å². The molecule has 1 nitrogen and oxygen atoms in total. The molecule has 0 aromatic heterocycles. The van der Waals surface area contributed by atoms with Gasteiger partial charge in [0.05, 0.1) is 0 Å². The van der Waals surface area contributed by atoms with Crippen molar-refractivity contribution in [2.75, 3.05) is 5.32 Å². The monoisotopic (exact) mass is 223 g/mol. The van der Waals surface area contributed by atoms with Crippen LogP contribution in [0.4, 0.5) is 14.5 Å². The summed E-state index contributed by atoms with van der Waals surface area (Å²) in [5, 5.41) is 2.92. The molecule has 1 aliphatic rings. The molecule has 0 radical (unpaired) electrons. The molecule has 86 valence electrons. The lowest BCUT2D eigenvalue weighted by Gasteiger charge is -2.20. The van der Waals surface area contributed by atoms with Gasteiger partial charge in [0.25, 0.3) is 0 Å². The molecule has 0 fully saturated rings. The van der Waals surface area contributed by atoms with Gasteiger partial charge in [-0.25, -0.2) is 8.78 Å². The quantitative estimate of drug-likeness (QED) is 0.752. The minimum atomic E-state index is -0.526. The van der Waals surface area contributed by atoms with Crippen molar-refractivity contribution < 1.29 is 8.78 Å². The Kier molecular flexibility index (Phi) is 3.22. The van der Waals surface area contributed by atoms with Crippen LogP contribution >= 0.6 is 0 Å². The zero-order valence-electron chi connectivity index (χ0n) is 9.26. The predicted octanol–water partition coefficient (Wildman–Crippen LogP) is 3.79. The molecule has 1 unspecified atom stereocenters. The Bertz CT molecular complexity index is 413. The third kappa shape index (κ3) is 2.23. The molecule has 0 heterocycles. The Morgan fingerprint density at radius 2 is 2.12 bits per heavy atom. The first-order valence-electron chi connectivity index (χ1n) is 5.56. The lowest BCUT2D eigenvalue weighted by Crippen LogP contribution is -2.20. The van der Waals surface area contributed by atoms with Crippen LogP contribution in [0.5, 0.6) is 0 Å². The molecule has 1 aromatic carbocycles. The summed E-state index contributed by atoms with van der Waals surface area (Å²) in [5.41, 5.74) is 0.459. The molecule has 1 aromatic rings. The van der Waals surface area contributed by atoms with Crippen LogP contribution in [-0.4, -0.2) is 6.04 Å². The van der Waals surface area contributed by atoms with E-state index >= 15 is 0 Å². The number of rotatable bonds is 2. The standard InChI is InChI=1S/C13H15F2N/c1-9-7-8-11(14)13(12(9)15)16-10-5-3-2-4-6-10/h3,5,7-8,10,16H,2,4,6H2,1H3. The number of allylic oxidation sites excluding steroid dienone is 1. The van der Waals surface area contributed by atoms with E-state index in [0.29, 0.717) is 5.56 Å². The zero-order chi connectivity index (χ0) is 11.5. The highest BCUT2D eigenvalue weighted by Gasteiger charge is 2.15. The maximum absolute atomic E-state index is 13.7. The van der Waals surface area contributed by atoms with Crippen molar-refractivity contribution in [1.29, 1.82) is 0 Å². The van der Waals surface area contributed by atoms with E-state index in [0.717, 1.165) is 19.3 Å². The van der Waals surface area contributed by atoms with Crippen LogP contribution in [0, 0.1) is 18.6 Å². The topological polar surface area (TPSA) is 12.0 Å². The van der Waals surface area contributed by atoms with E-state index in [1.54, 1.807) is 6.92 Å². The molecule has 2 rings (SSSR count). The molecule has 3 heteroatoms. The number of hydrogen-bond acceptors (Lipinski definition) is 1. The first-order chi connectivity index (χ1) is 7.68. The highest BCUT2D eigenvalue weighted by atomic mass is 19.1. The molecule has 0 aliphatic heterocycles. The van der Waals surface area contributed by atoms with Crippen LogP contribution in [0.3, 0.4) is 0 Å². The van der Waals surface area contributed by atoms with Crippen LogP contribution < -0.4 is 5.32 Å². The third-order valence-electron chi connectivity index (χ3n) is 2.87. The van der Waals surface area contributed by atoms with E-state index in [2.05, 4.69) is 5.32 Å². The Balaban J connectivity index is 2.23. The molecule has 0 saturated heterocycles. The summed E-state index contributed by atoms with van der Waals surface area (Å²) in [5.74, 6) is -1.01. The number of aryl methyl sites for hydroxylation is 1. The van der Waals surface area contributed by atoms with Gasteiger partial charge in [0.2, 0.25) is 0 Å². The molecule has 0 bridgehead atoms. The number of anilines is 1. The first-order valence-corrected chi connectivity index (χ1v) is 5.56. The second kappa shape index (κ2) is 4.64. The first kappa shape index (κ1) is 11.1. The Labute approximate surface area is 94.2 Å². The van der Waals surface area contributed by atoms with Crippen molar-refractivity contribution in [2.45, 2.75) is 32.2 Å². The van der Waals surface area contributed by atoms with Crippen molar-refractivity contribution in [3.05, 3.63) is 41.5 Å². The van der Waals surface area contributed by atoms with E-state index in [1.165, 1.54) is 12.1 Å². The van der Waals surface area contributed by atoms with Gasteiger partial charge in [-0.15, -0.1) is 0 Å². The SMILES string of the molecule is Cc1ccc(F)c(NC2C=CCCC2)c1F. The van der Waals surface area contributed by atoms with E-state index in [-0.39, 0.29) is 11.7 Å². The summed E-state index contributed by atoms with van der Waals surface area (Å²) in [6.07, 6.45) is 7.06. The Hall–Kier alpha value is -1.38. The molecule has 1 atom stereocenters. The molecule has 0 saturated carbocycles. The largest absolute Gasteiger partial charge is 0.374 e. The van der Waals surface area contributed by atoms with E-state index in [1.807, 2.05) is 12.2 Å². The van der Waals surface area contributed by atoms with Gasteiger partial charge < -0.3 is 5.32 Å². The lowest BCUT2D eigenvalue weighted by atomic mass is 10.0. The zero-order valence-corrected chi connectivity index (χ0v) is 9.26. The van der Waals surface area contributed by atoms with E-state index < -0.39 is 11.6 Å². The second-order valence-corrected chi connectivity index (χ2v) is 4.16. The average molecular weight is 223 g/mol. The molecule has 0 spiro atoms. The van der Waals surface area contributed by atoms with Gasteiger partial charge >= 0.3 is 0 Å². The van der Waals surface area contributed by atoms with Crippen LogP contribution in [0.2, 0.25) is 0 Å². The second-order valence-electron chi connectivity index (χ2n) is 4.16. The summed E-state index contributed by atoms with van der Waals surface area (Å²) >= 11 is 0. The Morgan fingerprint density at radius 3 is 2.81 bits per heavy atom. The van der Waals surface area contributed by atoms with E-state index in [4.69, 9.17) is 0 Å². The number of nitrogens with one attached hydrogen (secondary N) is 1. The Morgan fingerprint density at radius 1 is 1.31 bits per heavy atom. The van der Waals surface area contributed by atoms with E-state index in [9.17, 15) is 8.78 Å². The van der Waals surface area contributed by atoms with Crippen molar-refractivity contribution in [2.24, 2.45) is 0 Å². The third-order valence-corrected chi connectivity index (χ3v) is 2.87. The van der Waals surface area contributed by atoms with Crippen LogP contribution in [-0.2, 0) is 0 Å². The van der Waals surface area contributed by atoms with Gasteiger partial charge in [-0.1, -0.05) is 18.2 Å². The molecule has 0 amide bonds. The summed E-state index contributed by atoms with van der Waals surface area (Å²) in [6.45, 7) is 1.64. The van der Waals surface area contributed by atoms with Crippen molar-refractivity contribution >= 4 is 5.69 Å². The summed E-state index contributed by atoms with van der Waals surface area (Å²) in [6, 6.07) is 2.79. The smallest absolute Gasteiger partial charge is 0.152 e. The number of halogens is 2. The molecule has 1 aliphatic carbocycles. The fourth-order valence-corrected chi connectivity index (χ4v) is 1.91. The maximum atomic E-state index is 13.7. The normalized spacial score (nSPS) is 19.8. The fraction of sp³-hybridized carbons (Fsp3) is 0.385. The minimum Gasteiger partial charge on any atom is -0.374 e. The predicted molar refractivity (Wildman–Crippen MR) is 61.5 cm³/mol. The highest BCUT2D eigenvalue weighted by Crippen LogP contribution is 2.24. The van der Waals surface area contributed by atoms with Gasteiger partial charge in [0.15, 0.2) is 5.82 Å². The molecule has 1 N–H and O–H groups in total. The van der Waals surface area contributed by atoms with Crippen molar-refractivity contribution in [3.8, 4) is 0 Å². The van der Waals surface area contributed by atoms with Gasteiger partial charge in [-0.3, -0.25) is 0 Å². The average Bonchev–Trinajstić information content (AvgIpc) is 2.31. The fourth-order valence-electron chi connectivity index (χ4n) is 1.91. The summed E-state index contributed by atoms with van der Waals surface area (Å²) in [7, 11) is 0. The van der Waals surface area contributed by atoms with Crippen LogP contribution in [0.15, 0.2) is 24.3 Å². The number of benzene rings is 1. The molecule has 16 heavy (non-hydrogen) atoms. The van der Waals surface area contributed by atoms with Gasteiger partial charge in [-0.2, -0.15) is 0 Å². The minimum absolute atomic E-state index is 0.00319. The highest BCUT2D eigenvalue weighted by molar-refractivity contribution is 5.50. The summed E-state index contributed by atoms with van der Waals surface area (Å²) < 4.78 is 27.1. The molecular formula is C13H15F2N.